The molecule has 0 bridgehead atoms. The number of H-pyrrole nitrogens is 1. The summed E-state index contributed by atoms with van der Waals surface area (Å²) >= 11 is 0. The van der Waals surface area contributed by atoms with Gasteiger partial charge in [0, 0.05) is 23.3 Å². The largest absolute Gasteiger partial charge is 0.475 e. The number of rotatable bonds is 4. The highest BCUT2D eigenvalue weighted by Gasteiger charge is 2.37. The first kappa shape index (κ1) is 20.3. The van der Waals surface area contributed by atoms with Gasteiger partial charge in [0.2, 0.25) is 0 Å². The number of alkyl halides is 3. The Morgan fingerprint density at radius 2 is 1.41 bits per heavy atom. The molecule has 0 spiro atoms. The minimum atomic E-state index is -4.83. The molecule has 0 saturated heterocycles. The van der Waals surface area contributed by atoms with Crippen molar-refractivity contribution in [1.82, 2.24) is 14.1 Å². The van der Waals surface area contributed by atoms with Crippen LogP contribution in [0, 0.1) is 0 Å². The predicted molar refractivity (Wildman–Crippen MR) is 100 cm³/mol. The number of hydrogen-bond acceptors (Lipinski definition) is 5. The standard InChI is InChI=1S/C17H13F3N4O4S/c1-23-14(25)22-15(26)24(16(23)27)12-6-2-10(3-7-12)21-11-4-8-13(9-5-11)29(28)17(18,19)20/h2-9,21H,1H3,(H,22,25,26). The Morgan fingerprint density at radius 3 is 1.93 bits per heavy atom. The molecule has 0 aliphatic heterocycles. The van der Waals surface area contributed by atoms with E-state index in [9.17, 15) is 31.8 Å². The van der Waals surface area contributed by atoms with Gasteiger partial charge in [0.15, 0.2) is 10.8 Å². The Hall–Kier alpha value is -3.41. The maximum absolute atomic E-state index is 12.5. The van der Waals surface area contributed by atoms with Crippen LogP contribution < -0.4 is 22.4 Å². The Balaban J connectivity index is 1.83. The van der Waals surface area contributed by atoms with E-state index in [1.807, 2.05) is 4.98 Å². The molecule has 2 aromatic carbocycles. The zero-order valence-corrected chi connectivity index (χ0v) is 15.5. The van der Waals surface area contributed by atoms with Crippen molar-refractivity contribution >= 4 is 22.2 Å². The number of aromatic amines is 1. The van der Waals surface area contributed by atoms with Gasteiger partial charge in [0.05, 0.1) is 5.69 Å². The van der Waals surface area contributed by atoms with Crippen LogP contribution in [-0.4, -0.2) is 23.8 Å². The van der Waals surface area contributed by atoms with Crippen LogP contribution in [0.4, 0.5) is 24.5 Å². The molecular weight excluding hydrogens is 413 g/mol. The van der Waals surface area contributed by atoms with E-state index < -0.39 is 33.4 Å². The van der Waals surface area contributed by atoms with Crippen molar-refractivity contribution in [2.24, 2.45) is 7.05 Å². The molecule has 8 nitrogen and oxygen atoms in total. The second kappa shape index (κ2) is 7.54. The summed E-state index contributed by atoms with van der Waals surface area (Å²) in [6.07, 6.45) is 0. The van der Waals surface area contributed by atoms with E-state index in [-0.39, 0.29) is 10.6 Å². The van der Waals surface area contributed by atoms with Gasteiger partial charge in [-0.05, 0) is 48.5 Å². The zero-order valence-electron chi connectivity index (χ0n) is 14.7. The zero-order chi connectivity index (χ0) is 21.3. The maximum Gasteiger partial charge on any atom is 0.475 e. The van der Waals surface area contributed by atoms with Gasteiger partial charge < -0.3 is 5.32 Å². The summed E-state index contributed by atoms with van der Waals surface area (Å²) in [4.78, 5) is 37.1. The summed E-state index contributed by atoms with van der Waals surface area (Å²) in [5, 5.41) is 2.93. The maximum atomic E-state index is 12.5. The molecule has 1 aromatic heterocycles. The fourth-order valence-corrected chi connectivity index (χ4v) is 3.09. The number of anilines is 2. The first-order chi connectivity index (χ1) is 13.6. The van der Waals surface area contributed by atoms with Gasteiger partial charge in [-0.3, -0.25) is 4.98 Å². The summed E-state index contributed by atoms with van der Waals surface area (Å²) < 4.78 is 50.3. The summed E-state index contributed by atoms with van der Waals surface area (Å²) in [5.74, 6) is 0. The number of nitrogens with zero attached hydrogens (tertiary/aromatic N) is 2. The van der Waals surface area contributed by atoms with Gasteiger partial charge in [-0.25, -0.2) is 27.7 Å². The summed E-state index contributed by atoms with van der Waals surface area (Å²) in [7, 11) is -1.88. The Kier molecular flexibility index (Phi) is 5.29. The lowest BCUT2D eigenvalue weighted by atomic mass is 10.2. The van der Waals surface area contributed by atoms with Crippen molar-refractivity contribution in [3.8, 4) is 5.69 Å². The Bertz CT molecular complexity index is 1240. The number of hydrogen-bond donors (Lipinski definition) is 2. The average Bonchev–Trinajstić information content (AvgIpc) is 2.67. The molecule has 0 aliphatic rings. The van der Waals surface area contributed by atoms with E-state index in [4.69, 9.17) is 0 Å². The van der Waals surface area contributed by atoms with Crippen LogP contribution in [-0.2, 0) is 17.8 Å². The van der Waals surface area contributed by atoms with Gasteiger partial charge in [-0.1, -0.05) is 0 Å². The first-order valence-corrected chi connectivity index (χ1v) is 9.11. The van der Waals surface area contributed by atoms with Gasteiger partial charge in [0.1, 0.15) is 0 Å². The highest BCUT2D eigenvalue weighted by molar-refractivity contribution is 7.86. The van der Waals surface area contributed by atoms with Gasteiger partial charge in [-0.2, -0.15) is 13.2 Å². The number of aromatic nitrogens is 3. The topological polar surface area (TPSA) is 106 Å². The molecule has 0 saturated carbocycles. The normalized spacial score (nSPS) is 12.6. The van der Waals surface area contributed by atoms with Gasteiger partial charge in [-0.15, -0.1) is 0 Å². The van der Waals surface area contributed by atoms with E-state index in [1.165, 1.54) is 43.4 Å². The molecular formula is C17H13F3N4O4S. The fourth-order valence-electron chi connectivity index (χ4n) is 2.44. The molecule has 0 fully saturated rings. The van der Waals surface area contributed by atoms with Crippen LogP contribution in [0.3, 0.4) is 0 Å². The molecule has 2 N–H and O–H groups in total. The second-order valence-electron chi connectivity index (χ2n) is 5.82. The smallest absolute Gasteiger partial charge is 0.356 e. The fraction of sp³-hybridized carbons (Fsp3) is 0.118. The molecule has 0 aliphatic carbocycles. The minimum absolute atomic E-state index is 0.216. The van der Waals surface area contributed by atoms with E-state index in [0.717, 1.165) is 21.3 Å². The molecule has 29 heavy (non-hydrogen) atoms. The summed E-state index contributed by atoms with van der Waals surface area (Å²) in [6, 6.07) is 10.9. The van der Waals surface area contributed by atoms with Crippen molar-refractivity contribution in [1.29, 1.82) is 0 Å². The lowest BCUT2D eigenvalue weighted by Gasteiger charge is -2.10. The van der Waals surface area contributed by atoms with Crippen LogP contribution in [0.5, 0.6) is 0 Å². The molecule has 3 aromatic rings. The minimum Gasteiger partial charge on any atom is -0.356 e. The molecule has 152 valence electrons. The first-order valence-electron chi connectivity index (χ1n) is 7.96. The molecule has 1 heterocycles. The van der Waals surface area contributed by atoms with Crippen LogP contribution >= 0.6 is 0 Å². The van der Waals surface area contributed by atoms with Crippen molar-refractivity contribution in [3.05, 3.63) is 80.0 Å². The number of halogens is 3. The van der Waals surface area contributed by atoms with Crippen molar-refractivity contribution in [2.75, 3.05) is 5.32 Å². The van der Waals surface area contributed by atoms with Gasteiger partial charge >= 0.3 is 22.6 Å². The summed E-state index contributed by atoms with van der Waals surface area (Å²) in [5.41, 5.74) is -6.18. The van der Waals surface area contributed by atoms with Crippen LogP contribution in [0.2, 0.25) is 0 Å². The third kappa shape index (κ3) is 4.21. The van der Waals surface area contributed by atoms with Crippen LogP contribution in [0.1, 0.15) is 0 Å². The highest BCUT2D eigenvalue weighted by atomic mass is 32.2. The van der Waals surface area contributed by atoms with Crippen LogP contribution in [0.25, 0.3) is 5.69 Å². The second-order valence-corrected chi connectivity index (χ2v) is 7.29. The summed E-state index contributed by atoms with van der Waals surface area (Å²) in [6.45, 7) is 0. The van der Waals surface area contributed by atoms with E-state index in [1.54, 1.807) is 0 Å². The van der Waals surface area contributed by atoms with Crippen molar-refractivity contribution in [2.45, 2.75) is 10.4 Å². The van der Waals surface area contributed by atoms with Crippen molar-refractivity contribution < 1.29 is 17.4 Å². The third-order valence-electron chi connectivity index (χ3n) is 3.89. The average molecular weight is 426 g/mol. The molecule has 3 rings (SSSR count). The third-order valence-corrected chi connectivity index (χ3v) is 5.01. The highest BCUT2D eigenvalue weighted by Crippen LogP contribution is 2.27. The van der Waals surface area contributed by atoms with E-state index >= 15 is 0 Å². The SMILES string of the molecule is Cn1c(=O)[nH]c(=O)n(-c2ccc(Nc3ccc(S(=O)C(F)(F)F)cc3)cc2)c1=O. The van der Waals surface area contributed by atoms with E-state index in [2.05, 4.69) is 5.32 Å². The Labute approximate surface area is 162 Å². The quantitative estimate of drug-likeness (QED) is 0.659. The van der Waals surface area contributed by atoms with Crippen molar-refractivity contribution in [3.63, 3.8) is 0 Å². The Morgan fingerprint density at radius 1 is 0.897 bits per heavy atom. The van der Waals surface area contributed by atoms with E-state index in [0.29, 0.717) is 11.4 Å². The van der Waals surface area contributed by atoms with Crippen LogP contribution in [0.15, 0.2) is 67.8 Å². The van der Waals surface area contributed by atoms with Gasteiger partial charge in [0.25, 0.3) is 0 Å². The molecule has 1 atom stereocenters. The molecule has 0 amide bonds. The molecule has 0 radical (unpaired) electrons. The number of benzene rings is 2. The lowest BCUT2D eigenvalue weighted by molar-refractivity contribution is -0.0384. The molecule has 1 unspecified atom stereocenters. The number of nitrogens with one attached hydrogen (secondary N) is 2. The lowest BCUT2D eigenvalue weighted by Crippen LogP contribution is -2.47. The predicted octanol–water partition coefficient (Wildman–Crippen LogP) is 1.60. The molecule has 12 heteroatoms. The monoisotopic (exact) mass is 426 g/mol.